The Morgan fingerprint density at radius 2 is 1.89 bits per heavy atom. The van der Waals surface area contributed by atoms with Crippen molar-refractivity contribution in [2.75, 3.05) is 32.8 Å². The number of fused-ring (bicyclic) bond motifs is 1. The van der Waals surface area contributed by atoms with Gasteiger partial charge in [0.1, 0.15) is 16.3 Å². The lowest BCUT2D eigenvalue weighted by atomic mass is 9.94. The summed E-state index contributed by atoms with van der Waals surface area (Å²) in [6, 6.07) is 0. The quantitative estimate of drug-likeness (QED) is 0.518. The first-order valence-corrected chi connectivity index (χ1v) is 14.7. The molecular weight excluding hydrogens is 504 g/mol. The molecule has 0 bridgehead atoms. The second kappa shape index (κ2) is 10.6. The third-order valence-electron chi connectivity index (χ3n) is 6.93. The number of hydrogen-bond acceptors (Lipinski definition) is 8. The molecule has 3 unspecified atom stereocenters. The monoisotopic (exact) mass is 538 g/mol. The molecule has 36 heavy (non-hydrogen) atoms. The molecule has 4 heterocycles. The number of amides is 1. The van der Waals surface area contributed by atoms with Gasteiger partial charge in [-0.15, -0.1) is 11.3 Å². The van der Waals surface area contributed by atoms with Gasteiger partial charge < -0.3 is 9.64 Å². The van der Waals surface area contributed by atoms with Crippen LogP contribution in [0.1, 0.15) is 44.9 Å². The van der Waals surface area contributed by atoms with E-state index in [9.17, 15) is 22.8 Å². The van der Waals surface area contributed by atoms with Crippen molar-refractivity contribution in [2.24, 2.45) is 17.8 Å². The fourth-order valence-electron chi connectivity index (χ4n) is 5.37. The molecule has 4 rings (SSSR count). The van der Waals surface area contributed by atoms with Gasteiger partial charge in [0.05, 0.1) is 24.2 Å². The molecule has 3 atom stereocenters. The maximum absolute atomic E-state index is 13.7. The Kier molecular flexibility index (Phi) is 7.86. The van der Waals surface area contributed by atoms with Crippen LogP contribution in [0, 0.1) is 24.7 Å². The van der Waals surface area contributed by atoms with Gasteiger partial charge in [0.15, 0.2) is 0 Å². The Balaban J connectivity index is 1.63. The maximum Gasteiger partial charge on any atom is 0.310 e. The summed E-state index contributed by atoms with van der Waals surface area (Å²) in [5, 5.41) is 0.0433. The van der Waals surface area contributed by atoms with Crippen LogP contribution in [0.3, 0.4) is 0 Å². The zero-order valence-corrected chi connectivity index (χ0v) is 22.9. The lowest BCUT2D eigenvalue weighted by molar-refractivity contribution is -0.151. The van der Waals surface area contributed by atoms with Crippen LogP contribution in [0.5, 0.6) is 0 Å². The van der Waals surface area contributed by atoms with E-state index in [0.717, 1.165) is 6.42 Å². The Hall–Kier alpha value is -2.31. The van der Waals surface area contributed by atoms with E-state index < -0.39 is 15.6 Å². The highest BCUT2D eigenvalue weighted by molar-refractivity contribution is 7.89. The lowest BCUT2D eigenvalue weighted by Gasteiger charge is -2.34. The highest BCUT2D eigenvalue weighted by Gasteiger charge is 2.36. The zero-order valence-electron chi connectivity index (χ0n) is 21.2. The summed E-state index contributed by atoms with van der Waals surface area (Å²) in [5.74, 6) is -0.568. The molecule has 198 valence electrons. The number of likely N-dealkylation sites (tertiary alicyclic amines) is 1. The average molecular weight is 539 g/mol. The molecule has 1 amide bonds. The predicted molar refractivity (Wildman–Crippen MR) is 136 cm³/mol. The Morgan fingerprint density at radius 3 is 2.56 bits per heavy atom. The van der Waals surface area contributed by atoms with Gasteiger partial charge in [-0.05, 0) is 44.9 Å². The van der Waals surface area contributed by atoms with Gasteiger partial charge in [-0.2, -0.15) is 4.31 Å². The molecule has 10 nitrogen and oxygen atoms in total. The first kappa shape index (κ1) is 26.7. The van der Waals surface area contributed by atoms with Gasteiger partial charge >= 0.3 is 5.97 Å². The van der Waals surface area contributed by atoms with Crippen molar-refractivity contribution in [3.05, 3.63) is 21.6 Å². The summed E-state index contributed by atoms with van der Waals surface area (Å²) in [4.78, 5) is 45.5. The summed E-state index contributed by atoms with van der Waals surface area (Å²) in [5.41, 5.74) is -0.548. The molecule has 0 aliphatic carbocycles. The third kappa shape index (κ3) is 5.21. The van der Waals surface area contributed by atoms with Gasteiger partial charge in [-0.25, -0.2) is 13.4 Å². The fraction of sp³-hybridized carbons (Fsp3) is 0.667. The number of carbonyl (C=O) groups is 2. The lowest BCUT2D eigenvalue weighted by Crippen LogP contribution is -2.45. The van der Waals surface area contributed by atoms with E-state index in [-0.39, 0.29) is 59.6 Å². The molecule has 2 fully saturated rings. The number of ether oxygens (including phenoxy) is 1. The number of esters is 1. The number of rotatable bonds is 6. The Morgan fingerprint density at radius 1 is 1.19 bits per heavy atom. The van der Waals surface area contributed by atoms with Crippen molar-refractivity contribution < 1.29 is 22.7 Å². The number of sulfonamides is 1. The molecule has 2 aliphatic rings. The van der Waals surface area contributed by atoms with Crippen LogP contribution in [-0.4, -0.2) is 71.8 Å². The van der Waals surface area contributed by atoms with Crippen molar-refractivity contribution in [1.82, 2.24) is 18.8 Å². The van der Waals surface area contributed by atoms with Gasteiger partial charge in [0.2, 0.25) is 15.9 Å². The molecule has 2 aromatic rings. The van der Waals surface area contributed by atoms with Crippen LogP contribution in [0.25, 0.3) is 10.2 Å². The normalized spacial score (nSPS) is 23.7. The van der Waals surface area contributed by atoms with Crippen molar-refractivity contribution in [3.8, 4) is 0 Å². The van der Waals surface area contributed by atoms with Crippen molar-refractivity contribution in [1.29, 1.82) is 0 Å². The molecule has 2 aromatic heterocycles. The predicted octanol–water partition coefficient (Wildman–Crippen LogP) is 2.23. The SMILES string of the molecule is CCOC(=O)C1CCCN(C(=O)Cn2cnc3sc(C)c(S(=O)(=O)N4CC(C)CC(C)C4)c3c2=O)C1. The van der Waals surface area contributed by atoms with Gasteiger partial charge in [0.25, 0.3) is 5.56 Å². The molecule has 0 aromatic carbocycles. The molecule has 12 heteroatoms. The van der Waals surface area contributed by atoms with Crippen molar-refractivity contribution in [2.45, 2.75) is 58.4 Å². The fourth-order valence-corrected chi connectivity index (χ4v) is 8.72. The summed E-state index contributed by atoms with van der Waals surface area (Å²) < 4.78 is 35.1. The average Bonchev–Trinajstić information content (AvgIpc) is 3.18. The molecular formula is C24H34N4O6S2. The van der Waals surface area contributed by atoms with Crippen LogP contribution < -0.4 is 5.56 Å². The van der Waals surface area contributed by atoms with E-state index in [0.29, 0.717) is 42.2 Å². The van der Waals surface area contributed by atoms with E-state index in [2.05, 4.69) is 4.98 Å². The first-order valence-electron chi connectivity index (χ1n) is 12.5. The van der Waals surface area contributed by atoms with E-state index >= 15 is 0 Å². The summed E-state index contributed by atoms with van der Waals surface area (Å²) in [6.07, 6.45) is 3.57. The number of aryl methyl sites for hydroxylation is 1. The van der Waals surface area contributed by atoms with Gasteiger partial charge in [-0.3, -0.25) is 19.0 Å². The van der Waals surface area contributed by atoms with Crippen LogP contribution in [-0.2, 0) is 30.9 Å². The smallest absolute Gasteiger partial charge is 0.310 e. The molecule has 0 saturated carbocycles. The van der Waals surface area contributed by atoms with Crippen molar-refractivity contribution in [3.63, 3.8) is 0 Å². The number of carbonyl (C=O) groups excluding carboxylic acids is 2. The Labute approximate surface area is 215 Å². The molecule has 0 radical (unpaired) electrons. The van der Waals surface area contributed by atoms with E-state index in [1.165, 1.54) is 26.5 Å². The minimum absolute atomic E-state index is 0.00319. The minimum atomic E-state index is -3.91. The molecule has 2 aliphatic heterocycles. The number of aromatic nitrogens is 2. The van der Waals surface area contributed by atoms with E-state index in [1.807, 2.05) is 13.8 Å². The van der Waals surface area contributed by atoms with Crippen LogP contribution >= 0.6 is 11.3 Å². The minimum Gasteiger partial charge on any atom is -0.466 e. The summed E-state index contributed by atoms with van der Waals surface area (Å²) >= 11 is 1.17. The van der Waals surface area contributed by atoms with E-state index in [1.54, 1.807) is 18.7 Å². The standard InChI is InChI=1S/C24H34N4O6S2/c1-5-34-24(31)18-7-6-8-26(12-18)19(29)13-27-14-25-22-20(23(27)30)21(17(4)35-22)36(32,33)28-10-15(2)9-16(3)11-28/h14-16,18H,5-13H2,1-4H3. The highest BCUT2D eigenvalue weighted by Crippen LogP contribution is 2.35. The van der Waals surface area contributed by atoms with Crippen molar-refractivity contribution >= 4 is 43.5 Å². The second-order valence-electron chi connectivity index (χ2n) is 10.0. The molecule has 2 saturated heterocycles. The largest absolute Gasteiger partial charge is 0.466 e. The maximum atomic E-state index is 13.7. The molecule has 0 spiro atoms. The molecule has 0 N–H and O–H groups in total. The highest BCUT2D eigenvalue weighted by atomic mass is 32.2. The second-order valence-corrected chi connectivity index (χ2v) is 13.1. The van der Waals surface area contributed by atoms with Gasteiger partial charge in [0, 0.05) is 31.1 Å². The van der Waals surface area contributed by atoms with Gasteiger partial charge in [-0.1, -0.05) is 13.8 Å². The van der Waals surface area contributed by atoms with E-state index in [4.69, 9.17) is 4.74 Å². The third-order valence-corrected chi connectivity index (χ3v) is 10.1. The van der Waals surface area contributed by atoms with Crippen LogP contribution in [0.2, 0.25) is 0 Å². The number of nitrogens with zero attached hydrogens (tertiary/aromatic N) is 4. The topological polar surface area (TPSA) is 119 Å². The number of hydrogen-bond donors (Lipinski definition) is 0. The van der Waals surface area contributed by atoms with Crippen LogP contribution in [0.4, 0.5) is 0 Å². The summed E-state index contributed by atoms with van der Waals surface area (Å²) in [6.45, 7) is 9.05. The Bertz CT molecular complexity index is 1310. The summed E-state index contributed by atoms with van der Waals surface area (Å²) in [7, 11) is -3.91. The van der Waals surface area contributed by atoms with Crippen LogP contribution in [0.15, 0.2) is 16.0 Å². The first-order chi connectivity index (χ1) is 17.0. The number of thiophene rings is 1. The zero-order chi connectivity index (χ0) is 26.2. The number of piperidine rings is 2.